The monoisotopic (exact) mass is 384 g/mol. The first-order chi connectivity index (χ1) is 13.3. The molecule has 0 aromatic carbocycles. The van der Waals surface area contributed by atoms with Crippen molar-refractivity contribution in [2.24, 2.45) is 5.41 Å². The Hall–Kier alpha value is -0.160. The molecule has 0 saturated carbocycles. The van der Waals surface area contributed by atoms with Crippen LogP contribution in [0.1, 0.15) is 104 Å². The zero-order chi connectivity index (χ0) is 19.2. The maximum atomic E-state index is 5.99. The second-order valence-corrected chi connectivity index (χ2v) is 8.72. The van der Waals surface area contributed by atoms with Crippen molar-refractivity contribution >= 4 is 0 Å². The third-order valence-corrected chi connectivity index (χ3v) is 5.89. The van der Waals surface area contributed by atoms with Crippen LogP contribution in [0.5, 0.6) is 0 Å². The molecule has 2 aliphatic heterocycles. The minimum Gasteiger partial charge on any atom is -0.352 e. The predicted molar refractivity (Wildman–Crippen MR) is 110 cm³/mol. The van der Waals surface area contributed by atoms with Crippen LogP contribution in [-0.2, 0) is 18.9 Å². The van der Waals surface area contributed by atoms with Crippen LogP contribution in [-0.4, -0.2) is 39.0 Å². The van der Waals surface area contributed by atoms with Crippen molar-refractivity contribution in [1.29, 1.82) is 0 Å². The predicted octanol–water partition coefficient (Wildman–Crippen LogP) is 6.22. The molecule has 0 aliphatic carbocycles. The van der Waals surface area contributed by atoms with Gasteiger partial charge in [0.25, 0.3) is 0 Å². The molecule has 2 fully saturated rings. The lowest BCUT2D eigenvalue weighted by molar-refractivity contribution is -0.304. The lowest BCUT2D eigenvalue weighted by Gasteiger charge is -2.43. The third kappa shape index (κ3) is 9.25. The Morgan fingerprint density at radius 1 is 0.519 bits per heavy atom. The summed E-state index contributed by atoms with van der Waals surface area (Å²) in [6.07, 6.45) is 17.7. The fourth-order valence-electron chi connectivity index (χ4n) is 3.94. The Balaban J connectivity index is 1.49. The van der Waals surface area contributed by atoms with E-state index < -0.39 is 0 Å². The summed E-state index contributed by atoms with van der Waals surface area (Å²) in [5.41, 5.74) is -0.0880. The van der Waals surface area contributed by atoms with E-state index in [0.29, 0.717) is 26.4 Å². The zero-order valence-electron chi connectivity index (χ0n) is 18.0. The van der Waals surface area contributed by atoms with Gasteiger partial charge in [-0.1, -0.05) is 78.1 Å². The van der Waals surface area contributed by atoms with Gasteiger partial charge in [-0.2, -0.15) is 0 Å². The SMILES string of the molecule is CCCCCCCCC1OCC2(CO1)COC(CCCCCCCC)OC2. The van der Waals surface area contributed by atoms with Gasteiger partial charge in [-0.15, -0.1) is 0 Å². The summed E-state index contributed by atoms with van der Waals surface area (Å²) in [6, 6.07) is 0. The average molecular weight is 385 g/mol. The Morgan fingerprint density at radius 3 is 1.22 bits per heavy atom. The highest BCUT2D eigenvalue weighted by atomic mass is 16.7. The Labute approximate surface area is 167 Å². The Kier molecular flexibility index (Phi) is 11.9. The van der Waals surface area contributed by atoms with Gasteiger partial charge in [-0.3, -0.25) is 0 Å². The van der Waals surface area contributed by atoms with E-state index >= 15 is 0 Å². The van der Waals surface area contributed by atoms with Crippen LogP contribution in [0.2, 0.25) is 0 Å². The summed E-state index contributed by atoms with van der Waals surface area (Å²) >= 11 is 0. The summed E-state index contributed by atoms with van der Waals surface area (Å²) in [4.78, 5) is 0. The summed E-state index contributed by atoms with van der Waals surface area (Å²) < 4.78 is 24.0. The molecule has 0 aromatic heterocycles. The highest BCUT2D eigenvalue weighted by Gasteiger charge is 2.41. The maximum Gasteiger partial charge on any atom is 0.157 e. The van der Waals surface area contributed by atoms with Crippen molar-refractivity contribution in [2.45, 2.75) is 116 Å². The van der Waals surface area contributed by atoms with E-state index in [1.807, 2.05) is 0 Å². The molecule has 0 amide bonds. The van der Waals surface area contributed by atoms with Crippen LogP contribution in [0, 0.1) is 5.41 Å². The molecule has 2 heterocycles. The van der Waals surface area contributed by atoms with Crippen LogP contribution in [0.15, 0.2) is 0 Å². The number of unbranched alkanes of at least 4 members (excludes halogenated alkanes) is 10. The maximum absolute atomic E-state index is 5.99. The lowest BCUT2D eigenvalue weighted by Crippen LogP contribution is -2.52. The van der Waals surface area contributed by atoms with Crippen LogP contribution in [0.3, 0.4) is 0 Å². The van der Waals surface area contributed by atoms with Gasteiger partial charge in [0.05, 0.1) is 31.8 Å². The van der Waals surface area contributed by atoms with Gasteiger partial charge in [0.1, 0.15) is 0 Å². The molecule has 0 aromatic rings. The van der Waals surface area contributed by atoms with Gasteiger partial charge in [0.2, 0.25) is 0 Å². The molecule has 2 aliphatic rings. The molecule has 4 nitrogen and oxygen atoms in total. The van der Waals surface area contributed by atoms with E-state index in [0.717, 1.165) is 12.8 Å². The van der Waals surface area contributed by atoms with E-state index in [4.69, 9.17) is 18.9 Å². The normalized spacial score (nSPS) is 28.7. The largest absolute Gasteiger partial charge is 0.352 e. The quantitative estimate of drug-likeness (QED) is 0.333. The summed E-state index contributed by atoms with van der Waals surface area (Å²) in [6.45, 7) is 7.34. The van der Waals surface area contributed by atoms with E-state index in [9.17, 15) is 0 Å². The van der Waals surface area contributed by atoms with Crippen molar-refractivity contribution < 1.29 is 18.9 Å². The third-order valence-electron chi connectivity index (χ3n) is 5.89. The number of hydrogen-bond acceptors (Lipinski definition) is 4. The van der Waals surface area contributed by atoms with E-state index in [-0.39, 0.29) is 18.0 Å². The fraction of sp³-hybridized carbons (Fsp3) is 1.00. The second kappa shape index (κ2) is 13.9. The molecule has 0 atom stereocenters. The van der Waals surface area contributed by atoms with Gasteiger partial charge >= 0.3 is 0 Å². The van der Waals surface area contributed by atoms with Crippen LogP contribution >= 0.6 is 0 Å². The van der Waals surface area contributed by atoms with Gasteiger partial charge in [0.15, 0.2) is 12.6 Å². The molecule has 2 saturated heterocycles. The molecule has 160 valence electrons. The molecule has 27 heavy (non-hydrogen) atoms. The molecule has 0 radical (unpaired) electrons. The average Bonchev–Trinajstić information content (AvgIpc) is 2.70. The van der Waals surface area contributed by atoms with Gasteiger partial charge < -0.3 is 18.9 Å². The highest BCUT2D eigenvalue weighted by molar-refractivity contribution is 4.84. The zero-order valence-corrected chi connectivity index (χ0v) is 18.0. The second-order valence-electron chi connectivity index (χ2n) is 8.72. The van der Waals surface area contributed by atoms with Crippen molar-refractivity contribution in [1.82, 2.24) is 0 Å². The minimum absolute atomic E-state index is 0.0253. The van der Waals surface area contributed by atoms with Gasteiger partial charge in [0, 0.05) is 0 Å². The van der Waals surface area contributed by atoms with Crippen LogP contribution < -0.4 is 0 Å². The molecular weight excluding hydrogens is 340 g/mol. The number of hydrogen-bond donors (Lipinski definition) is 0. The molecule has 0 bridgehead atoms. The molecule has 0 N–H and O–H groups in total. The van der Waals surface area contributed by atoms with E-state index in [1.54, 1.807) is 0 Å². The molecule has 4 heteroatoms. The fourth-order valence-corrected chi connectivity index (χ4v) is 3.94. The van der Waals surface area contributed by atoms with E-state index in [1.165, 1.54) is 77.0 Å². The van der Waals surface area contributed by atoms with Crippen molar-refractivity contribution in [3.8, 4) is 0 Å². The summed E-state index contributed by atoms with van der Waals surface area (Å²) in [5, 5.41) is 0. The number of ether oxygens (including phenoxy) is 4. The van der Waals surface area contributed by atoms with Crippen molar-refractivity contribution in [3.63, 3.8) is 0 Å². The summed E-state index contributed by atoms with van der Waals surface area (Å²) in [5.74, 6) is 0. The molecule has 2 rings (SSSR count). The first kappa shape index (κ1) is 23.1. The summed E-state index contributed by atoms with van der Waals surface area (Å²) in [7, 11) is 0. The van der Waals surface area contributed by atoms with Gasteiger partial charge in [-0.25, -0.2) is 0 Å². The highest BCUT2D eigenvalue weighted by Crippen LogP contribution is 2.32. The topological polar surface area (TPSA) is 36.9 Å². The smallest absolute Gasteiger partial charge is 0.157 e. The molecule has 0 unspecified atom stereocenters. The first-order valence-electron chi connectivity index (χ1n) is 11.7. The van der Waals surface area contributed by atoms with Crippen LogP contribution in [0.4, 0.5) is 0 Å². The first-order valence-corrected chi connectivity index (χ1v) is 11.7. The number of rotatable bonds is 14. The Morgan fingerprint density at radius 2 is 0.852 bits per heavy atom. The Bertz CT molecular complexity index is 307. The lowest BCUT2D eigenvalue weighted by atomic mass is 9.90. The van der Waals surface area contributed by atoms with Crippen molar-refractivity contribution in [3.05, 3.63) is 0 Å². The standard InChI is InChI=1S/C23H44O4/c1-3-5-7-9-11-13-15-21-24-17-23(18-25-21)19-26-22(27-20-23)16-14-12-10-8-6-4-2/h21-22H,3-20H2,1-2H3. The molecule has 1 spiro atoms. The van der Waals surface area contributed by atoms with Crippen molar-refractivity contribution in [2.75, 3.05) is 26.4 Å². The minimum atomic E-state index is -0.0880. The molecular formula is C23H44O4. The van der Waals surface area contributed by atoms with Gasteiger partial charge in [-0.05, 0) is 25.7 Å². The van der Waals surface area contributed by atoms with Crippen LogP contribution in [0.25, 0.3) is 0 Å². The van der Waals surface area contributed by atoms with E-state index in [2.05, 4.69) is 13.8 Å².